The van der Waals surface area contributed by atoms with Gasteiger partial charge in [-0.05, 0) is 98.7 Å². The molecule has 8 N–H and O–H groups in total. The number of carbonyl (C=O) groups is 2. The number of fused-ring (bicyclic) bond motifs is 1. The van der Waals surface area contributed by atoms with Gasteiger partial charge in [0.15, 0.2) is 0 Å². The van der Waals surface area contributed by atoms with Crippen LogP contribution in [0.15, 0.2) is 77.6 Å². The number of hydrogen-bond donors (Lipinski definition) is 7. The Balaban J connectivity index is 0.00000302. The maximum absolute atomic E-state index is 12.8. The smallest absolute Gasteiger partial charge is 0.412 e. The molecule has 1 atom stereocenters. The number of pyridine rings is 1. The van der Waals surface area contributed by atoms with Gasteiger partial charge in [0.05, 0.1) is 17.3 Å². The second-order valence-corrected chi connectivity index (χ2v) is 13.9. The molecule has 0 saturated heterocycles. The first-order valence-corrected chi connectivity index (χ1v) is 17.7. The Bertz CT molecular complexity index is 1860. The van der Waals surface area contributed by atoms with Gasteiger partial charge in [-0.1, -0.05) is 48.5 Å². The second kappa shape index (κ2) is 18.6. The van der Waals surface area contributed by atoms with Gasteiger partial charge in [0.2, 0.25) is 11.5 Å². The van der Waals surface area contributed by atoms with Gasteiger partial charge >= 0.3 is 6.09 Å². The number of carboxylic acid groups (broad SMARTS) is 1. The molecule has 0 radical (unpaired) electrons. The number of aromatic amines is 1. The Kier molecular flexibility index (Phi) is 14.5. The number of aromatic hydroxyl groups is 1. The number of aromatic nitrogens is 1. The molecule has 2 amide bonds. The molecule has 0 unspecified atom stereocenters. The Morgan fingerprint density at radius 1 is 0.962 bits per heavy atom. The number of hydrogen-bond acceptors (Lipinski definition) is 7. The van der Waals surface area contributed by atoms with Crippen LogP contribution >= 0.6 is 24.8 Å². The van der Waals surface area contributed by atoms with E-state index in [9.17, 15) is 29.7 Å². The number of H-pyrrole nitrogens is 1. The van der Waals surface area contributed by atoms with Crippen LogP contribution in [0.25, 0.3) is 22.0 Å². The molecule has 1 aromatic heterocycles. The molecular weight excluding hydrogens is 705 g/mol. The lowest BCUT2D eigenvalue weighted by Gasteiger charge is -2.36. The highest BCUT2D eigenvalue weighted by atomic mass is 35.5. The Labute approximate surface area is 315 Å². The van der Waals surface area contributed by atoms with Crippen LogP contribution in [0.3, 0.4) is 0 Å². The predicted octanol–water partition coefficient (Wildman–Crippen LogP) is 6.04. The molecule has 11 nitrogen and oxygen atoms in total. The maximum atomic E-state index is 12.8. The Hall–Kier alpha value is -4.13. The molecule has 280 valence electrons. The molecule has 52 heavy (non-hydrogen) atoms. The van der Waals surface area contributed by atoms with Crippen molar-refractivity contribution >= 4 is 53.4 Å². The summed E-state index contributed by atoms with van der Waals surface area (Å²) < 4.78 is 0. The molecule has 2 aliphatic carbocycles. The van der Waals surface area contributed by atoms with Gasteiger partial charge in [-0.2, -0.15) is 0 Å². The number of carbonyl (C=O) groups excluding carboxylic acids is 1. The number of benzene rings is 3. The fourth-order valence-corrected chi connectivity index (χ4v) is 7.47. The van der Waals surface area contributed by atoms with Crippen LogP contribution in [-0.2, 0) is 11.2 Å². The number of halogens is 2. The summed E-state index contributed by atoms with van der Waals surface area (Å²) in [6, 6.07) is 22.1. The highest BCUT2D eigenvalue weighted by Gasteiger charge is 2.32. The monoisotopic (exact) mass is 753 g/mol. The van der Waals surface area contributed by atoms with E-state index in [2.05, 4.69) is 15.6 Å². The average molecular weight is 755 g/mol. The molecular formula is C39H49Cl2N5O6. The molecule has 2 fully saturated rings. The molecule has 1 heterocycles. The van der Waals surface area contributed by atoms with Gasteiger partial charge in [-0.15, -0.1) is 24.8 Å². The number of nitrogens with two attached hydrogens (primary N) is 1. The van der Waals surface area contributed by atoms with E-state index in [-0.39, 0.29) is 60.2 Å². The van der Waals surface area contributed by atoms with Gasteiger partial charge in [0.1, 0.15) is 5.75 Å². The fraction of sp³-hybridized carbons (Fsp3) is 0.410. The lowest BCUT2D eigenvalue weighted by Crippen LogP contribution is -2.47. The second-order valence-electron chi connectivity index (χ2n) is 13.9. The van der Waals surface area contributed by atoms with Crippen LogP contribution in [0.4, 0.5) is 10.5 Å². The standard InChI is InChI=1S/C39H47N5O6.2ClH/c40-27-10-12-29(13-11-27)44(39(49)50)33-21-24(9-14-30(33)26-6-2-1-3-7-26)5-4-8-36(47)42-28-19-25(20-28)22-41-23-35(46)31-15-17-34(45)38-32(31)16-18-37(48)43-38;;/h1-3,6-7,9,14-18,21,25,27-29,35,41,45-46H,4-5,8,10-13,19-20,22-23,40H2,(H,42,47)(H,43,48)(H,49,50);2*1H/t25?,27?,28?,29?,35-;;/m1../s1. The van der Waals surface area contributed by atoms with Crippen LogP contribution in [0.2, 0.25) is 0 Å². The Morgan fingerprint density at radius 3 is 2.40 bits per heavy atom. The number of aryl methyl sites for hydroxylation is 1. The minimum absolute atomic E-state index is 0. The summed E-state index contributed by atoms with van der Waals surface area (Å²) in [5.74, 6) is 0.360. The third-order valence-electron chi connectivity index (χ3n) is 10.2. The molecule has 0 aliphatic heterocycles. The van der Waals surface area contributed by atoms with Gasteiger partial charge in [-0.3, -0.25) is 14.5 Å². The normalized spacial score (nSPS) is 20.1. The van der Waals surface area contributed by atoms with Crippen LogP contribution in [-0.4, -0.2) is 63.5 Å². The number of aliphatic hydroxyl groups excluding tert-OH is 1. The number of rotatable bonds is 13. The third-order valence-corrected chi connectivity index (χ3v) is 10.2. The number of nitrogens with one attached hydrogen (secondary N) is 3. The number of anilines is 1. The number of phenolic OH excluding ortho intramolecular Hbond substituents is 1. The van der Waals surface area contributed by atoms with Crippen LogP contribution < -0.4 is 26.8 Å². The zero-order valence-electron chi connectivity index (χ0n) is 29.0. The van der Waals surface area contributed by atoms with E-state index in [1.165, 1.54) is 17.0 Å². The minimum Gasteiger partial charge on any atom is -0.506 e. The van der Waals surface area contributed by atoms with Crippen molar-refractivity contribution in [2.45, 2.75) is 82.0 Å². The summed E-state index contributed by atoms with van der Waals surface area (Å²) in [5.41, 5.74) is 10.3. The molecule has 0 bridgehead atoms. The van der Waals surface area contributed by atoms with E-state index >= 15 is 0 Å². The van der Waals surface area contributed by atoms with Crippen molar-refractivity contribution < 1.29 is 24.9 Å². The number of nitrogens with zero attached hydrogens (tertiary/aromatic N) is 1. The van der Waals surface area contributed by atoms with Gasteiger partial charge in [0.25, 0.3) is 0 Å². The molecule has 4 aromatic rings. The molecule has 0 spiro atoms. The highest BCUT2D eigenvalue weighted by molar-refractivity contribution is 5.94. The Morgan fingerprint density at radius 2 is 1.69 bits per heavy atom. The van der Waals surface area contributed by atoms with Gasteiger partial charge in [-0.25, -0.2) is 4.79 Å². The number of phenols is 1. The SMILES string of the molecule is Cl.Cl.NC1CCC(N(C(=O)O)c2cc(CCCC(=O)NC3CC(CNC[C@@H](O)c4ccc(O)c5[nH]c(=O)ccc45)C3)ccc2-c2ccccc2)CC1. The van der Waals surface area contributed by atoms with E-state index in [1.807, 2.05) is 48.5 Å². The molecule has 2 aliphatic rings. The first-order valence-electron chi connectivity index (χ1n) is 17.7. The van der Waals surface area contributed by atoms with Crippen LogP contribution in [0.1, 0.15) is 68.6 Å². The van der Waals surface area contributed by atoms with Crippen LogP contribution in [0.5, 0.6) is 5.75 Å². The molecule has 6 rings (SSSR count). The molecule has 2 saturated carbocycles. The summed E-state index contributed by atoms with van der Waals surface area (Å²) in [6.45, 7) is 1.03. The van der Waals surface area contributed by atoms with E-state index in [0.717, 1.165) is 55.2 Å². The number of amides is 2. The van der Waals surface area contributed by atoms with Crippen molar-refractivity contribution in [3.8, 4) is 16.9 Å². The first kappa shape index (κ1) is 40.6. The van der Waals surface area contributed by atoms with Crippen molar-refractivity contribution in [2.24, 2.45) is 11.7 Å². The van der Waals surface area contributed by atoms with E-state index < -0.39 is 12.2 Å². The summed E-state index contributed by atoms with van der Waals surface area (Å²) in [4.78, 5) is 41.3. The van der Waals surface area contributed by atoms with Crippen molar-refractivity contribution in [1.82, 2.24) is 15.6 Å². The van der Waals surface area contributed by atoms with Crippen molar-refractivity contribution in [1.29, 1.82) is 0 Å². The fourth-order valence-electron chi connectivity index (χ4n) is 7.47. The first-order chi connectivity index (χ1) is 24.2. The summed E-state index contributed by atoms with van der Waals surface area (Å²) in [5, 5.41) is 38.3. The predicted molar refractivity (Wildman–Crippen MR) is 209 cm³/mol. The average Bonchev–Trinajstić information content (AvgIpc) is 3.08. The van der Waals surface area contributed by atoms with Crippen molar-refractivity contribution in [3.05, 3.63) is 94.3 Å². The van der Waals surface area contributed by atoms with Crippen molar-refractivity contribution in [2.75, 3.05) is 18.0 Å². The van der Waals surface area contributed by atoms with Gasteiger partial charge in [0, 0.05) is 48.1 Å². The lowest BCUT2D eigenvalue weighted by atomic mass is 9.80. The van der Waals surface area contributed by atoms with Crippen LogP contribution in [0, 0.1) is 5.92 Å². The maximum Gasteiger partial charge on any atom is 0.412 e. The zero-order valence-corrected chi connectivity index (χ0v) is 30.6. The largest absolute Gasteiger partial charge is 0.506 e. The van der Waals surface area contributed by atoms with Gasteiger partial charge < -0.3 is 36.7 Å². The van der Waals surface area contributed by atoms with E-state index in [4.69, 9.17) is 5.73 Å². The minimum atomic E-state index is -0.964. The molecule has 13 heteroatoms. The summed E-state index contributed by atoms with van der Waals surface area (Å²) >= 11 is 0. The summed E-state index contributed by atoms with van der Waals surface area (Å²) in [6.07, 6.45) is 4.69. The lowest BCUT2D eigenvalue weighted by molar-refractivity contribution is -0.122. The topological polar surface area (TPSA) is 181 Å². The van der Waals surface area contributed by atoms with E-state index in [0.29, 0.717) is 60.4 Å². The number of aliphatic hydroxyl groups is 1. The zero-order chi connectivity index (χ0) is 35.2. The van der Waals surface area contributed by atoms with Crippen molar-refractivity contribution in [3.63, 3.8) is 0 Å². The quantitative estimate of drug-likeness (QED) is 0.0863. The van der Waals surface area contributed by atoms with E-state index in [1.54, 1.807) is 12.1 Å². The summed E-state index contributed by atoms with van der Waals surface area (Å²) in [7, 11) is 0. The highest BCUT2D eigenvalue weighted by Crippen LogP contribution is 2.37. The third kappa shape index (κ3) is 9.84. The molecule has 3 aromatic carbocycles.